The quantitative estimate of drug-likeness (QED) is 0.368. The zero-order valence-corrected chi connectivity index (χ0v) is 3.99. The van der Waals surface area contributed by atoms with Gasteiger partial charge in [-0.25, -0.2) is 0 Å². The van der Waals surface area contributed by atoms with Crippen LogP contribution in [0.5, 0.6) is 0 Å². The van der Waals surface area contributed by atoms with Crippen LogP contribution in [0.3, 0.4) is 0 Å². The minimum atomic E-state index is 0. The van der Waals surface area contributed by atoms with E-state index >= 15 is 0 Å². The molecular formula is H2CaFeMgO. The van der Waals surface area contributed by atoms with Gasteiger partial charge in [0, 0.05) is 17.1 Å². The molecule has 0 fully saturated rings. The molecule has 0 aliphatic rings. The van der Waals surface area contributed by atoms with E-state index in [1.807, 2.05) is 0 Å². The summed E-state index contributed by atoms with van der Waals surface area (Å²) < 4.78 is 0. The summed E-state index contributed by atoms with van der Waals surface area (Å²) in [6, 6.07) is 0. The van der Waals surface area contributed by atoms with Crippen molar-refractivity contribution in [2.24, 2.45) is 0 Å². The molecule has 0 heterocycles. The van der Waals surface area contributed by atoms with Gasteiger partial charge in [0.2, 0.25) is 0 Å². The summed E-state index contributed by atoms with van der Waals surface area (Å²) in [7, 11) is 0. The van der Waals surface area contributed by atoms with Crippen molar-refractivity contribution in [1.29, 1.82) is 0 Å². The average Bonchev–Trinajstić information content (AvgIpc) is 0. The maximum absolute atomic E-state index is 0. The fourth-order valence-corrected chi connectivity index (χ4v) is 0. The van der Waals surface area contributed by atoms with E-state index in [0.29, 0.717) is 0 Å². The second-order valence-corrected chi connectivity index (χ2v) is 0. The Morgan fingerprint density at radius 3 is 1.00 bits per heavy atom. The second kappa shape index (κ2) is 17.8. The standard InChI is InChI=1S/Ca.Fe.Mg.O.2H/q;;+2;-2;;. The van der Waals surface area contributed by atoms with Crippen LogP contribution in [0.4, 0.5) is 0 Å². The average molecular weight is 138 g/mol. The largest absolute Gasteiger partial charge is 2.00 e. The van der Waals surface area contributed by atoms with E-state index in [-0.39, 0.29) is 83.3 Å². The van der Waals surface area contributed by atoms with Crippen LogP contribution in [0.15, 0.2) is 0 Å². The van der Waals surface area contributed by atoms with Crippen molar-refractivity contribution in [2.75, 3.05) is 0 Å². The molecule has 0 amide bonds. The molecular weight excluding hydrogens is 136 g/mol. The van der Waals surface area contributed by atoms with Gasteiger partial charge in [-0.2, -0.15) is 0 Å². The van der Waals surface area contributed by atoms with Gasteiger partial charge in [0.1, 0.15) is 0 Å². The number of rotatable bonds is 0. The Hall–Kier alpha value is 2.51. The monoisotopic (exact) mass is 138 g/mol. The topological polar surface area (TPSA) is 28.5 Å². The fraction of sp³-hybridized carbons (Fsp3) is 0. The van der Waals surface area contributed by atoms with E-state index in [1.165, 1.54) is 0 Å². The van der Waals surface area contributed by atoms with Gasteiger partial charge >= 0.3 is 60.8 Å². The normalized spacial score (nSPS) is 0. The third-order valence-corrected chi connectivity index (χ3v) is 0. The van der Waals surface area contributed by atoms with Crippen LogP contribution in [0.1, 0.15) is 0 Å². The van der Waals surface area contributed by atoms with Crippen molar-refractivity contribution in [2.45, 2.75) is 0 Å². The predicted octanol–water partition coefficient (Wildman–Crippen LogP) is -1.42. The van der Waals surface area contributed by atoms with Crippen LogP contribution < -0.4 is 0 Å². The summed E-state index contributed by atoms with van der Waals surface area (Å²) in [4.78, 5) is 0. The SMILES string of the molecule is [CaH2].[Fe].[Mg+2].[O-2]. The Morgan fingerprint density at radius 1 is 1.00 bits per heavy atom. The van der Waals surface area contributed by atoms with Crippen LogP contribution in [0.25, 0.3) is 0 Å². The van der Waals surface area contributed by atoms with Gasteiger partial charge in [-0.1, -0.05) is 0 Å². The van der Waals surface area contributed by atoms with E-state index in [4.69, 9.17) is 0 Å². The molecule has 0 atom stereocenters. The molecule has 0 unspecified atom stereocenters. The Balaban J connectivity index is 0. The molecule has 4 heavy (non-hydrogen) atoms. The molecule has 4 heteroatoms. The zero-order valence-electron chi connectivity index (χ0n) is 1.47. The van der Waals surface area contributed by atoms with Crippen LogP contribution in [0.2, 0.25) is 0 Å². The van der Waals surface area contributed by atoms with Crippen LogP contribution >= 0.6 is 0 Å². The molecule has 0 aliphatic heterocycles. The molecule has 0 spiro atoms. The summed E-state index contributed by atoms with van der Waals surface area (Å²) in [5.41, 5.74) is 0. The molecule has 0 saturated carbocycles. The van der Waals surface area contributed by atoms with Crippen molar-refractivity contribution < 1.29 is 22.5 Å². The maximum Gasteiger partial charge on any atom is 2.00 e. The molecule has 0 aromatic heterocycles. The first-order valence-electron chi connectivity index (χ1n) is 0. The van der Waals surface area contributed by atoms with Crippen LogP contribution in [-0.4, -0.2) is 60.8 Å². The Morgan fingerprint density at radius 2 is 1.00 bits per heavy atom. The van der Waals surface area contributed by atoms with Gasteiger partial charge < -0.3 is 5.48 Å². The van der Waals surface area contributed by atoms with Crippen LogP contribution in [-0.2, 0) is 22.5 Å². The summed E-state index contributed by atoms with van der Waals surface area (Å²) in [5.74, 6) is 0. The molecule has 0 saturated heterocycles. The first-order valence-corrected chi connectivity index (χ1v) is 0. The molecule has 0 aromatic rings. The third-order valence-electron chi connectivity index (χ3n) is 0. The molecule has 0 bridgehead atoms. The number of hydrogen-bond donors (Lipinski definition) is 0. The molecule has 0 aromatic carbocycles. The van der Waals surface area contributed by atoms with E-state index in [2.05, 4.69) is 0 Å². The smallest absolute Gasteiger partial charge is 2.00 e. The Labute approximate surface area is 81.8 Å². The third kappa shape index (κ3) is 8.82. The van der Waals surface area contributed by atoms with Gasteiger partial charge in [0.15, 0.2) is 0 Å². The molecule has 0 aliphatic carbocycles. The van der Waals surface area contributed by atoms with Gasteiger partial charge in [0.05, 0.1) is 0 Å². The molecule has 20 valence electrons. The van der Waals surface area contributed by atoms with Crippen molar-refractivity contribution in [3.05, 3.63) is 0 Å². The van der Waals surface area contributed by atoms with Crippen molar-refractivity contribution in [1.82, 2.24) is 0 Å². The summed E-state index contributed by atoms with van der Waals surface area (Å²) in [6.45, 7) is 0. The van der Waals surface area contributed by atoms with Crippen molar-refractivity contribution >= 4 is 60.8 Å². The number of hydrogen-bond acceptors (Lipinski definition) is 0. The van der Waals surface area contributed by atoms with Crippen LogP contribution in [0, 0.1) is 0 Å². The Kier molecular flexibility index (Phi) is 140. The molecule has 0 radical (unpaired) electrons. The first-order chi connectivity index (χ1) is 0. The van der Waals surface area contributed by atoms with Crippen molar-refractivity contribution in [3.8, 4) is 0 Å². The van der Waals surface area contributed by atoms with E-state index in [0.717, 1.165) is 0 Å². The minimum Gasteiger partial charge on any atom is -2.00 e. The Bertz CT molecular complexity index is 8.00. The molecule has 0 N–H and O–H groups in total. The minimum absolute atomic E-state index is 0. The predicted molar refractivity (Wildman–Crippen MR) is 15.0 cm³/mol. The van der Waals surface area contributed by atoms with E-state index in [9.17, 15) is 0 Å². The van der Waals surface area contributed by atoms with Gasteiger partial charge in [-0.15, -0.1) is 0 Å². The van der Waals surface area contributed by atoms with E-state index in [1.54, 1.807) is 0 Å². The summed E-state index contributed by atoms with van der Waals surface area (Å²) >= 11 is 0. The fourth-order valence-electron chi connectivity index (χ4n) is 0. The second-order valence-electron chi connectivity index (χ2n) is 0. The zero-order chi connectivity index (χ0) is 0. The summed E-state index contributed by atoms with van der Waals surface area (Å²) in [5, 5.41) is 0. The first kappa shape index (κ1) is 31.4. The van der Waals surface area contributed by atoms with Gasteiger partial charge in [0.25, 0.3) is 0 Å². The van der Waals surface area contributed by atoms with Gasteiger partial charge in [-0.05, 0) is 0 Å². The van der Waals surface area contributed by atoms with Crippen molar-refractivity contribution in [3.63, 3.8) is 0 Å². The molecule has 0 rings (SSSR count). The van der Waals surface area contributed by atoms with E-state index < -0.39 is 0 Å². The van der Waals surface area contributed by atoms with Gasteiger partial charge in [-0.3, -0.25) is 0 Å². The maximum atomic E-state index is 0. The summed E-state index contributed by atoms with van der Waals surface area (Å²) in [6.07, 6.45) is 0. The molecule has 1 nitrogen and oxygen atoms in total.